The molecule has 0 aliphatic rings. The van der Waals surface area contributed by atoms with Gasteiger partial charge >= 0.3 is 0 Å². The van der Waals surface area contributed by atoms with Gasteiger partial charge in [-0.15, -0.1) is 6.58 Å². The summed E-state index contributed by atoms with van der Waals surface area (Å²) in [5.74, 6) is -0.444. The molecule has 102 valence electrons. The molecule has 0 saturated heterocycles. The summed E-state index contributed by atoms with van der Waals surface area (Å²) >= 11 is 0. The van der Waals surface area contributed by atoms with Crippen LogP contribution in [0.3, 0.4) is 0 Å². The van der Waals surface area contributed by atoms with E-state index in [0.29, 0.717) is 23.4 Å². The maximum Gasteiger partial charge on any atom is 0.258 e. The average Bonchev–Trinajstić information content (AvgIpc) is 3.00. The molecule has 2 aromatic rings. The number of aromatic nitrogens is 2. The lowest BCUT2D eigenvalue weighted by molar-refractivity contribution is 0.0957. The zero-order valence-electron chi connectivity index (χ0n) is 10.7. The number of carbonyl (C=O) groups excluding carboxylic acids is 2. The van der Waals surface area contributed by atoms with Crippen molar-refractivity contribution >= 4 is 17.5 Å². The van der Waals surface area contributed by atoms with Crippen LogP contribution in [0.1, 0.15) is 20.7 Å². The lowest BCUT2D eigenvalue weighted by Crippen LogP contribution is -2.23. The van der Waals surface area contributed by atoms with Crippen molar-refractivity contribution < 1.29 is 9.59 Å². The monoisotopic (exact) mass is 270 g/mol. The third kappa shape index (κ3) is 3.32. The van der Waals surface area contributed by atoms with E-state index in [-0.39, 0.29) is 11.8 Å². The zero-order valence-corrected chi connectivity index (χ0v) is 10.7. The Hall–Kier alpha value is -2.89. The number of nitrogens with one attached hydrogen (secondary N) is 3. The Kier molecular flexibility index (Phi) is 4.28. The number of aromatic amines is 1. The zero-order chi connectivity index (χ0) is 14.4. The van der Waals surface area contributed by atoms with Crippen LogP contribution >= 0.6 is 0 Å². The van der Waals surface area contributed by atoms with Gasteiger partial charge in [0, 0.05) is 24.0 Å². The highest BCUT2D eigenvalue weighted by Crippen LogP contribution is 2.11. The minimum atomic E-state index is -0.261. The van der Waals surface area contributed by atoms with Crippen LogP contribution < -0.4 is 10.6 Å². The van der Waals surface area contributed by atoms with Gasteiger partial charge < -0.3 is 10.6 Å². The van der Waals surface area contributed by atoms with Crippen molar-refractivity contribution in [3.8, 4) is 0 Å². The summed E-state index contributed by atoms with van der Waals surface area (Å²) in [6.45, 7) is 3.94. The molecule has 0 aliphatic heterocycles. The summed E-state index contributed by atoms with van der Waals surface area (Å²) < 4.78 is 0. The second kappa shape index (κ2) is 6.33. The highest BCUT2D eigenvalue weighted by molar-refractivity contribution is 6.04. The molecule has 0 fully saturated rings. The number of carbonyl (C=O) groups is 2. The van der Waals surface area contributed by atoms with Gasteiger partial charge in [-0.25, -0.2) is 0 Å². The van der Waals surface area contributed by atoms with Gasteiger partial charge in [-0.05, 0) is 24.3 Å². The standard InChI is InChI=1S/C14H14N4O2/c1-2-7-15-13(19)10-3-5-12(6-4-10)18-14(20)11-8-16-17-9-11/h2-6,8-9H,1,7H2,(H,15,19)(H,16,17)(H,18,20). The minimum Gasteiger partial charge on any atom is -0.349 e. The lowest BCUT2D eigenvalue weighted by atomic mass is 10.2. The van der Waals surface area contributed by atoms with Gasteiger partial charge in [-0.2, -0.15) is 5.10 Å². The van der Waals surface area contributed by atoms with E-state index >= 15 is 0 Å². The van der Waals surface area contributed by atoms with Crippen LogP contribution in [-0.4, -0.2) is 28.6 Å². The molecule has 0 bridgehead atoms. The van der Waals surface area contributed by atoms with Gasteiger partial charge in [-0.1, -0.05) is 6.08 Å². The maximum absolute atomic E-state index is 11.8. The Morgan fingerprint density at radius 3 is 2.55 bits per heavy atom. The molecule has 0 aliphatic carbocycles. The van der Waals surface area contributed by atoms with Crippen LogP contribution in [-0.2, 0) is 0 Å². The van der Waals surface area contributed by atoms with Gasteiger partial charge in [0.1, 0.15) is 0 Å². The summed E-state index contributed by atoms with van der Waals surface area (Å²) in [6, 6.07) is 6.62. The third-order valence-electron chi connectivity index (χ3n) is 2.57. The molecule has 0 saturated carbocycles. The second-order valence-corrected chi connectivity index (χ2v) is 4.02. The van der Waals surface area contributed by atoms with E-state index in [2.05, 4.69) is 27.4 Å². The van der Waals surface area contributed by atoms with E-state index in [4.69, 9.17) is 0 Å². The summed E-state index contributed by atoms with van der Waals surface area (Å²) in [4.78, 5) is 23.4. The normalized spacial score (nSPS) is 9.80. The van der Waals surface area contributed by atoms with Crippen molar-refractivity contribution in [1.29, 1.82) is 0 Å². The maximum atomic E-state index is 11.8. The molecule has 6 heteroatoms. The molecule has 20 heavy (non-hydrogen) atoms. The predicted octanol–water partition coefficient (Wildman–Crippen LogP) is 1.58. The van der Waals surface area contributed by atoms with E-state index in [1.807, 2.05) is 0 Å². The van der Waals surface area contributed by atoms with E-state index < -0.39 is 0 Å². The summed E-state index contributed by atoms with van der Waals surface area (Å²) in [5, 5.41) is 11.7. The number of H-pyrrole nitrogens is 1. The number of rotatable bonds is 5. The Balaban J connectivity index is 1.99. The van der Waals surface area contributed by atoms with E-state index in [1.165, 1.54) is 12.4 Å². The fraction of sp³-hybridized carbons (Fsp3) is 0.0714. The van der Waals surface area contributed by atoms with Crippen molar-refractivity contribution in [2.75, 3.05) is 11.9 Å². The van der Waals surface area contributed by atoms with Crippen molar-refractivity contribution in [1.82, 2.24) is 15.5 Å². The number of benzene rings is 1. The molecular weight excluding hydrogens is 256 g/mol. The third-order valence-corrected chi connectivity index (χ3v) is 2.57. The molecule has 0 atom stereocenters. The fourth-order valence-electron chi connectivity index (χ4n) is 1.55. The summed E-state index contributed by atoms with van der Waals surface area (Å²) in [6.07, 6.45) is 4.55. The summed E-state index contributed by atoms with van der Waals surface area (Å²) in [7, 11) is 0. The minimum absolute atomic E-state index is 0.183. The van der Waals surface area contributed by atoms with Gasteiger partial charge in [0.25, 0.3) is 11.8 Å². The van der Waals surface area contributed by atoms with Crippen LogP contribution in [0.15, 0.2) is 49.3 Å². The molecule has 1 aromatic heterocycles. The van der Waals surface area contributed by atoms with E-state index in [0.717, 1.165) is 0 Å². The highest BCUT2D eigenvalue weighted by Gasteiger charge is 2.08. The van der Waals surface area contributed by atoms with E-state index in [9.17, 15) is 9.59 Å². The molecule has 1 heterocycles. The number of hydrogen-bond donors (Lipinski definition) is 3. The van der Waals surface area contributed by atoms with Crippen LogP contribution in [0, 0.1) is 0 Å². The molecule has 2 rings (SSSR count). The van der Waals surface area contributed by atoms with Crippen molar-refractivity contribution in [3.05, 3.63) is 60.4 Å². The molecular formula is C14H14N4O2. The molecule has 6 nitrogen and oxygen atoms in total. The molecule has 0 radical (unpaired) electrons. The van der Waals surface area contributed by atoms with Gasteiger partial charge in [0.15, 0.2) is 0 Å². The van der Waals surface area contributed by atoms with Gasteiger partial charge in [0.05, 0.1) is 11.8 Å². The van der Waals surface area contributed by atoms with Crippen molar-refractivity contribution in [3.63, 3.8) is 0 Å². The topological polar surface area (TPSA) is 86.9 Å². The Bertz CT molecular complexity index is 603. The number of amides is 2. The number of anilines is 1. The molecule has 0 spiro atoms. The van der Waals surface area contributed by atoms with Crippen molar-refractivity contribution in [2.24, 2.45) is 0 Å². The van der Waals surface area contributed by atoms with Gasteiger partial charge in [0.2, 0.25) is 0 Å². The predicted molar refractivity (Wildman–Crippen MR) is 75.5 cm³/mol. The first-order valence-corrected chi connectivity index (χ1v) is 6.00. The quantitative estimate of drug-likeness (QED) is 0.721. The fourth-order valence-corrected chi connectivity index (χ4v) is 1.55. The Labute approximate surface area is 115 Å². The number of hydrogen-bond acceptors (Lipinski definition) is 3. The van der Waals surface area contributed by atoms with Crippen LogP contribution in [0.2, 0.25) is 0 Å². The SMILES string of the molecule is C=CCNC(=O)c1ccc(NC(=O)c2cn[nH]c2)cc1. The van der Waals surface area contributed by atoms with Gasteiger partial charge in [-0.3, -0.25) is 14.7 Å². The molecule has 0 unspecified atom stereocenters. The summed E-state index contributed by atoms with van der Waals surface area (Å²) in [5.41, 5.74) is 1.57. The average molecular weight is 270 g/mol. The van der Waals surface area contributed by atoms with Crippen LogP contribution in [0.5, 0.6) is 0 Å². The largest absolute Gasteiger partial charge is 0.349 e. The first-order valence-electron chi connectivity index (χ1n) is 6.00. The highest BCUT2D eigenvalue weighted by atomic mass is 16.2. The number of nitrogens with zero attached hydrogens (tertiary/aromatic N) is 1. The van der Waals surface area contributed by atoms with Crippen LogP contribution in [0.25, 0.3) is 0 Å². The lowest BCUT2D eigenvalue weighted by Gasteiger charge is -2.05. The smallest absolute Gasteiger partial charge is 0.258 e. The van der Waals surface area contributed by atoms with Crippen LogP contribution in [0.4, 0.5) is 5.69 Å². The van der Waals surface area contributed by atoms with Crippen molar-refractivity contribution in [2.45, 2.75) is 0 Å². The molecule has 1 aromatic carbocycles. The first kappa shape index (κ1) is 13.5. The molecule has 2 amide bonds. The Morgan fingerprint density at radius 2 is 1.95 bits per heavy atom. The Morgan fingerprint density at radius 1 is 1.20 bits per heavy atom. The molecule has 3 N–H and O–H groups in total. The second-order valence-electron chi connectivity index (χ2n) is 4.02. The van der Waals surface area contributed by atoms with E-state index in [1.54, 1.807) is 30.3 Å². The first-order chi connectivity index (χ1) is 9.70.